The molecule has 0 unspecified atom stereocenters. The minimum absolute atomic E-state index is 0.198. The summed E-state index contributed by atoms with van der Waals surface area (Å²) in [5.41, 5.74) is 3.72. The predicted octanol–water partition coefficient (Wildman–Crippen LogP) is 3.25. The second-order valence-electron chi connectivity index (χ2n) is 5.50. The smallest absolute Gasteiger partial charge is 0.275 e. The third kappa shape index (κ3) is 3.66. The van der Waals surface area contributed by atoms with Gasteiger partial charge in [-0.05, 0) is 43.2 Å². The van der Waals surface area contributed by atoms with Crippen LogP contribution in [-0.4, -0.2) is 18.3 Å². The number of amidine groups is 1. The fraction of sp³-hybridized carbons (Fsp3) is 0.158. The molecule has 4 heteroatoms. The first-order valence-corrected chi connectivity index (χ1v) is 7.47. The number of carbonyl (C=O) groups excluding carboxylic acids is 1. The SMILES string of the molecule is Cc1ccc(/C=C2\N=C(COc3ccccc3)NC2=O)c(C)c1. The van der Waals surface area contributed by atoms with Crippen LogP contribution >= 0.6 is 0 Å². The minimum Gasteiger partial charge on any atom is -0.486 e. The second-order valence-corrected chi connectivity index (χ2v) is 5.50. The van der Waals surface area contributed by atoms with Crippen LogP contribution in [0.4, 0.5) is 0 Å². The molecule has 0 bridgehead atoms. The Hall–Kier alpha value is -2.88. The number of aliphatic imine (C=N–C) groups is 1. The molecule has 0 saturated heterocycles. The van der Waals surface area contributed by atoms with Gasteiger partial charge in [-0.2, -0.15) is 0 Å². The number of aryl methyl sites for hydroxylation is 2. The average Bonchev–Trinajstić information content (AvgIpc) is 2.89. The highest BCUT2D eigenvalue weighted by molar-refractivity contribution is 6.14. The van der Waals surface area contributed by atoms with Crippen LogP contribution in [0, 0.1) is 13.8 Å². The molecule has 23 heavy (non-hydrogen) atoms. The summed E-state index contributed by atoms with van der Waals surface area (Å²) in [6, 6.07) is 15.6. The molecule has 0 atom stereocenters. The lowest BCUT2D eigenvalue weighted by Crippen LogP contribution is -2.28. The number of amides is 1. The van der Waals surface area contributed by atoms with Crippen LogP contribution in [0.15, 0.2) is 59.2 Å². The topological polar surface area (TPSA) is 50.7 Å². The van der Waals surface area contributed by atoms with Crippen molar-refractivity contribution in [1.82, 2.24) is 5.32 Å². The zero-order valence-electron chi connectivity index (χ0n) is 13.2. The van der Waals surface area contributed by atoms with Crippen LogP contribution in [0.2, 0.25) is 0 Å². The van der Waals surface area contributed by atoms with Gasteiger partial charge in [-0.3, -0.25) is 4.79 Å². The molecule has 1 amide bonds. The molecule has 1 aliphatic rings. The molecule has 2 aromatic rings. The largest absolute Gasteiger partial charge is 0.486 e. The Labute approximate surface area is 135 Å². The number of hydrogen-bond acceptors (Lipinski definition) is 3. The van der Waals surface area contributed by atoms with Crippen molar-refractivity contribution in [3.63, 3.8) is 0 Å². The molecule has 1 aliphatic heterocycles. The van der Waals surface area contributed by atoms with Gasteiger partial charge in [0.05, 0.1) is 0 Å². The van der Waals surface area contributed by atoms with Crippen LogP contribution in [0.3, 0.4) is 0 Å². The number of para-hydroxylation sites is 1. The molecule has 0 radical (unpaired) electrons. The molecule has 1 N–H and O–H groups in total. The highest BCUT2D eigenvalue weighted by Gasteiger charge is 2.20. The van der Waals surface area contributed by atoms with E-state index in [9.17, 15) is 4.79 Å². The summed E-state index contributed by atoms with van der Waals surface area (Å²) in [6.45, 7) is 4.30. The van der Waals surface area contributed by atoms with Gasteiger partial charge in [0, 0.05) is 0 Å². The number of nitrogens with one attached hydrogen (secondary N) is 1. The summed E-state index contributed by atoms with van der Waals surface area (Å²) >= 11 is 0. The van der Waals surface area contributed by atoms with Gasteiger partial charge in [-0.25, -0.2) is 4.99 Å². The summed E-state index contributed by atoms with van der Waals surface area (Å²) in [6.07, 6.45) is 1.81. The lowest BCUT2D eigenvalue weighted by Gasteiger charge is -2.04. The first-order valence-electron chi connectivity index (χ1n) is 7.47. The Morgan fingerprint density at radius 1 is 1.13 bits per heavy atom. The highest BCUT2D eigenvalue weighted by atomic mass is 16.5. The monoisotopic (exact) mass is 306 g/mol. The van der Waals surface area contributed by atoms with E-state index in [0.717, 1.165) is 16.9 Å². The van der Waals surface area contributed by atoms with E-state index in [0.29, 0.717) is 11.5 Å². The Balaban J connectivity index is 1.74. The van der Waals surface area contributed by atoms with E-state index in [4.69, 9.17) is 4.74 Å². The number of nitrogens with zero attached hydrogens (tertiary/aromatic N) is 1. The number of benzene rings is 2. The highest BCUT2D eigenvalue weighted by Crippen LogP contribution is 2.17. The van der Waals surface area contributed by atoms with Crippen LogP contribution in [0.5, 0.6) is 5.75 Å². The lowest BCUT2D eigenvalue weighted by molar-refractivity contribution is -0.115. The maximum Gasteiger partial charge on any atom is 0.275 e. The molecule has 2 aromatic carbocycles. The molecule has 3 rings (SSSR count). The van der Waals surface area contributed by atoms with E-state index < -0.39 is 0 Å². The fourth-order valence-corrected chi connectivity index (χ4v) is 2.39. The van der Waals surface area contributed by atoms with Crippen molar-refractivity contribution in [3.8, 4) is 5.75 Å². The molecular formula is C19H18N2O2. The van der Waals surface area contributed by atoms with Crippen LogP contribution in [0.25, 0.3) is 6.08 Å². The maximum atomic E-state index is 12.0. The van der Waals surface area contributed by atoms with E-state index >= 15 is 0 Å². The molecule has 0 fully saturated rings. The molecule has 1 heterocycles. The number of carbonyl (C=O) groups is 1. The van der Waals surface area contributed by atoms with E-state index in [1.54, 1.807) is 6.08 Å². The Morgan fingerprint density at radius 2 is 1.91 bits per heavy atom. The zero-order chi connectivity index (χ0) is 16.2. The quantitative estimate of drug-likeness (QED) is 0.882. The van der Waals surface area contributed by atoms with Gasteiger partial charge < -0.3 is 10.1 Å². The van der Waals surface area contributed by atoms with Gasteiger partial charge >= 0.3 is 0 Å². The molecular weight excluding hydrogens is 288 g/mol. The average molecular weight is 306 g/mol. The van der Waals surface area contributed by atoms with Crippen molar-refractivity contribution in [2.24, 2.45) is 4.99 Å². The first kappa shape index (κ1) is 15.0. The lowest BCUT2D eigenvalue weighted by atomic mass is 10.0. The molecule has 0 aromatic heterocycles. The first-order chi connectivity index (χ1) is 11.1. The Kier molecular flexibility index (Phi) is 4.24. The van der Waals surface area contributed by atoms with Crippen molar-refractivity contribution >= 4 is 17.8 Å². The van der Waals surface area contributed by atoms with Crippen LogP contribution in [-0.2, 0) is 4.79 Å². The van der Waals surface area contributed by atoms with E-state index in [-0.39, 0.29) is 12.5 Å². The van der Waals surface area contributed by atoms with Gasteiger partial charge in [0.2, 0.25) is 0 Å². The maximum absolute atomic E-state index is 12.0. The van der Waals surface area contributed by atoms with Gasteiger partial charge in [-0.15, -0.1) is 0 Å². The van der Waals surface area contributed by atoms with Crippen molar-refractivity contribution in [2.45, 2.75) is 13.8 Å². The molecule has 4 nitrogen and oxygen atoms in total. The summed E-state index contributed by atoms with van der Waals surface area (Å²) in [5, 5.41) is 2.74. The Bertz CT molecular complexity index is 792. The molecule has 0 spiro atoms. The van der Waals surface area contributed by atoms with Gasteiger partial charge in [0.1, 0.15) is 23.9 Å². The predicted molar refractivity (Wildman–Crippen MR) is 91.4 cm³/mol. The second kappa shape index (κ2) is 6.48. The van der Waals surface area contributed by atoms with Crippen LogP contribution < -0.4 is 10.1 Å². The third-order valence-corrected chi connectivity index (χ3v) is 3.58. The molecule has 0 aliphatic carbocycles. The summed E-state index contributed by atoms with van der Waals surface area (Å²) in [7, 11) is 0. The number of ether oxygens (including phenoxy) is 1. The van der Waals surface area contributed by atoms with E-state index in [2.05, 4.69) is 16.4 Å². The number of rotatable bonds is 4. The molecule has 0 saturated carbocycles. The minimum atomic E-state index is -0.198. The van der Waals surface area contributed by atoms with Crippen molar-refractivity contribution < 1.29 is 9.53 Å². The van der Waals surface area contributed by atoms with Crippen molar-refractivity contribution in [1.29, 1.82) is 0 Å². The number of hydrogen-bond donors (Lipinski definition) is 1. The van der Waals surface area contributed by atoms with Gasteiger partial charge in [0.25, 0.3) is 5.91 Å². The third-order valence-electron chi connectivity index (χ3n) is 3.58. The van der Waals surface area contributed by atoms with E-state index in [1.807, 2.05) is 56.3 Å². The summed E-state index contributed by atoms with van der Waals surface area (Å²) in [4.78, 5) is 16.4. The van der Waals surface area contributed by atoms with Crippen molar-refractivity contribution in [3.05, 3.63) is 70.9 Å². The van der Waals surface area contributed by atoms with Crippen LogP contribution in [0.1, 0.15) is 16.7 Å². The summed E-state index contributed by atoms with van der Waals surface area (Å²) < 4.78 is 5.60. The normalized spacial score (nSPS) is 15.5. The standard InChI is InChI=1S/C19H18N2O2/c1-13-8-9-15(14(2)10-13)11-17-19(22)21-18(20-17)12-23-16-6-4-3-5-7-16/h3-11H,12H2,1-2H3,(H,20,21,22)/b17-11-. The molecule has 116 valence electrons. The van der Waals surface area contributed by atoms with Gasteiger partial charge in [0.15, 0.2) is 0 Å². The Morgan fingerprint density at radius 3 is 2.65 bits per heavy atom. The van der Waals surface area contributed by atoms with Crippen molar-refractivity contribution in [2.75, 3.05) is 6.61 Å². The van der Waals surface area contributed by atoms with Gasteiger partial charge in [-0.1, -0.05) is 42.0 Å². The summed E-state index contributed by atoms with van der Waals surface area (Å²) in [5.74, 6) is 1.07. The zero-order valence-corrected chi connectivity index (χ0v) is 13.2. The fourth-order valence-electron chi connectivity index (χ4n) is 2.39. The van der Waals surface area contributed by atoms with E-state index in [1.165, 1.54) is 5.56 Å².